The molecule has 0 saturated carbocycles. The van der Waals surface area contributed by atoms with Crippen LogP contribution in [0.5, 0.6) is 5.75 Å². The van der Waals surface area contributed by atoms with E-state index in [1.807, 2.05) is 6.92 Å². The minimum atomic E-state index is -2.78. The molecule has 4 rings (SSSR count). The number of Topliss-reactive ketones (excluding diaryl/α,β-unsaturated/α-hetero) is 1. The molecule has 4 aromatic carbocycles. The van der Waals surface area contributed by atoms with Gasteiger partial charge in [0.15, 0.2) is 5.78 Å². The molecule has 0 fully saturated rings. The zero-order valence-corrected chi connectivity index (χ0v) is 29.7. The van der Waals surface area contributed by atoms with E-state index in [1.165, 1.54) is 86.5 Å². The Morgan fingerprint density at radius 2 is 0.933 bits per heavy atom. The van der Waals surface area contributed by atoms with E-state index >= 15 is 0 Å². The zero-order valence-electron chi connectivity index (χ0n) is 27.2. The fourth-order valence-corrected chi connectivity index (χ4v) is 14.5. The van der Waals surface area contributed by atoms with Crippen LogP contribution >= 0.6 is 20.8 Å². The molecule has 4 heteroatoms. The van der Waals surface area contributed by atoms with Crippen LogP contribution in [0.15, 0.2) is 109 Å². The average Bonchev–Trinajstić information content (AvgIpc) is 3.07. The Kier molecular flexibility index (Phi) is 13.9. The third-order valence-electron chi connectivity index (χ3n) is 9.38. The number of unbranched alkanes of at least 4 members (excludes halogenated alkanes) is 12. The summed E-state index contributed by atoms with van der Waals surface area (Å²) in [6.07, 6.45) is 18.1. The number of phenols is 1. The van der Waals surface area contributed by atoms with Crippen molar-refractivity contribution in [1.82, 2.24) is 0 Å². The number of hydrogen-bond donors (Lipinski definition) is 1. The van der Waals surface area contributed by atoms with E-state index in [9.17, 15) is 9.90 Å². The van der Waals surface area contributed by atoms with Gasteiger partial charge in [0.2, 0.25) is 0 Å². The molecule has 4 aromatic rings. The molecule has 0 aliphatic heterocycles. The summed E-state index contributed by atoms with van der Waals surface area (Å²) in [4.78, 5) is 12.4. The summed E-state index contributed by atoms with van der Waals surface area (Å²) in [6.45, 7) is 1.89. The Balaban J connectivity index is 1.12. The molecule has 0 spiro atoms. The summed E-state index contributed by atoms with van der Waals surface area (Å²) in [5, 5.41) is 11.0. The molecule has 0 atom stereocenters. The van der Waals surface area contributed by atoms with Gasteiger partial charge in [0.25, 0.3) is 0 Å². The first kappa shape index (κ1) is 35.1. The summed E-state index contributed by atoms with van der Waals surface area (Å²) in [6, 6.07) is 38.5. The predicted octanol–water partition coefficient (Wildman–Crippen LogP) is 11.2. The summed E-state index contributed by atoms with van der Waals surface area (Å²) in [7, 11) is 0. The van der Waals surface area contributed by atoms with Crippen LogP contribution in [0.1, 0.15) is 106 Å². The number of aryl methyl sites for hydroxylation is 1. The van der Waals surface area contributed by atoms with E-state index in [1.54, 1.807) is 18.2 Å². The molecule has 0 aliphatic rings. The zero-order chi connectivity index (χ0) is 31.8. The third-order valence-corrected chi connectivity index (χ3v) is 19.4. The van der Waals surface area contributed by atoms with Crippen LogP contribution in [-0.2, 0) is 0 Å². The monoisotopic (exact) mass is 686 g/mol. The summed E-state index contributed by atoms with van der Waals surface area (Å²) in [5.74, 6) is 0.422. The van der Waals surface area contributed by atoms with Crippen molar-refractivity contribution >= 4 is 42.5 Å². The second-order valence-corrected chi connectivity index (χ2v) is 21.7. The molecular weight excluding hydrogens is 635 g/mol. The van der Waals surface area contributed by atoms with E-state index in [-0.39, 0.29) is 11.5 Å². The van der Waals surface area contributed by atoms with E-state index < -0.39 is 5.31 Å². The summed E-state index contributed by atoms with van der Waals surface area (Å²) < 4.78 is 0. The van der Waals surface area contributed by atoms with Crippen LogP contribution in [0.25, 0.3) is 0 Å². The van der Waals surface area contributed by atoms with Gasteiger partial charge in [-0.15, -0.1) is 0 Å². The number of hydrogen-bond acceptors (Lipinski definition) is 2. The number of phenolic OH excluding ortho intramolecular Hbond substituents is 1. The van der Waals surface area contributed by atoms with Crippen molar-refractivity contribution in [3.05, 3.63) is 120 Å². The fourth-order valence-electron chi connectivity index (χ4n) is 6.79. The summed E-state index contributed by atoms with van der Waals surface area (Å²) >= 11 is 4.58. The van der Waals surface area contributed by atoms with Crippen LogP contribution in [0.3, 0.4) is 0 Å². The van der Waals surface area contributed by atoms with Crippen molar-refractivity contribution in [2.75, 3.05) is 6.16 Å². The molecule has 1 N–H and O–H groups in total. The topological polar surface area (TPSA) is 37.3 Å². The number of benzene rings is 4. The number of aromatic hydroxyl groups is 1. The first-order valence-electron chi connectivity index (χ1n) is 17.2. The molecule has 45 heavy (non-hydrogen) atoms. The SMILES string of the molecule is Cc1cc(O)ccc1C(=O)CCCCCCCCCCCCCCCP(Br)(c1ccccc1)(c1ccccc1)c1ccccc1. The molecule has 0 amide bonds. The van der Waals surface area contributed by atoms with Gasteiger partial charge in [0.1, 0.15) is 5.75 Å². The van der Waals surface area contributed by atoms with Crippen molar-refractivity contribution in [3.8, 4) is 5.75 Å². The van der Waals surface area contributed by atoms with Gasteiger partial charge in [0, 0.05) is 12.0 Å². The second-order valence-electron chi connectivity index (χ2n) is 12.7. The molecule has 0 aliphatic carbocycles. The number of halogens is 1. The van der Waals surface area contributed by atoms with Gasteiger partial charge in [-0.2, -0.15) is 0 Å². The molecule has 0 bridgehead atoms. The van der Waals surface area contributed by atoms with Gasteiger partial charge in [-0.3, -0.25) is 4.79 Å². The molecule has 2 nitrogen and oxygen atoms in total. The Hall–Kier alpha value is -2.74. The Bertz CT molecular complexity index is 1340. The van der Waals surface area contributed by atoms with Crippen LogP contribution < -0.4 is 15.9 Å². The van der Waals surface area contributed by atoms with Crippen LogP contribution in [0.2, 0.25) is 0 Å². The van der Waals surface area contributed by atoms with E-state index in [0.29, 0.717) is 6.42 Å². The molecular formula is C41H52BrO2P. The van der Waals surface area contributed by atoms with Crippen LogP contribution in [0, 0.1) is 6.92 Å². The molecule has 0 saturated heterocycles. The second kappa shape index (κ2) is 17.8. The molecule has 0 heterocycles. The van der Waals surface area contributed by atoms with Gasteiger partial charge < -0.3 is 5.11 Å². The van der Waals surface area contributed by atoms with Gasteiger partial charge in [-0.05, 0) is 37.1 Å². The maximum atomic E-state index is 12.4. The number of carbonyl (C=O) groups excluding carboxylic acids is 1. The first-order valence-corrected chi connectivity index (χ1v) is 21.6. The normalized spacial score (nSPS) is 12.4. The number of rotatable bonds is 20. The standard InChI is InChI=1S/C41H52BrO2P/c1-35-34-36(43)31-32-40(35)41(44)30-22-11-9-7-5-3-2-4-6-8-10-12-23-33-45(42,37-24-16-13-17-25-37,38-26-18-14-19-27-38)39-28-20-15-21-29-39/h13-21,24-29,31-32,34,43H,2-12,22-23,30,33H2,1H3. The average molecular weight is 688 g/mol. The van der Waals surface area contributed by atoms with Crippen LogP contribution in [-0.4, -0.2) is 17.1 Å². The van der Waals surface area contributed by atoms with Gasteiger partial charge >= 0.3 is 204 Å². The Morgan fingerprint density at radius 3 is 1.33 bits per heavy atom. The molecule has 0 radical (unpaired) electrons. The number of ketones is 1. The van der Waals surface area contributed by atoms with Crippen molar-refractivity contribution < 1.29 is 9.90 Å². The molecule has 240 valence electrons. The molecule has 0 unspecified atom stereocenters. The quantitative estimate of drug-likeness (QED) is 0.0570. The first-order chi connectivity index (χ1) is 21.9. The van der Waals surface area contributed by atoms with Crippen LogP contribution in [0.4, 0.5) is 0 Å². The predicted molar refractivity (Wildman–Crippen MR) is 201 cm³/mol. The van der Waals surface area contributed by atoms with E-state index in [4.69, 9.17) is 0 Å². The Morgan fingerprint density at radius 1 is 0.556 bits per heavy atom. The molecule has 0 aromatic heterocycles. The minimum absolute atomic E-state index is 0.198. The van der Waals surface area contributed by atoms with Crippen molar-refractivity contribution in [3.63, 3.8) is 0 Å². The fraction of sp³-hybridized carbons (Fsp3) is 0.390. The van der Waals surface area contributed by atoms with Gasteiger partial charge in [0.05, 0.1) is 0 Å². The Labute approximate surface area is 280 Å². The third kappa shape index (κ3) is 9.40. The van der Waals surface area contributed by atoms with Crippen molar-refractivity contribution in [1.29, 1.82) is 0 Å². The van der Waals surface area contributed by atoms with Gasteiger partial charge in [-0.25, -0.2) is 0 Å². The van der Waals surface area contributed by atoms with Crippen molar-refractivity contribution in [2.45, 2.75) is 96.8 Å². The number of carbonyl (C=O) groups is 1. The maximum absolute atomic E-state index is 12.4. The van der Waals surface area contributed by atoms with Crippen molar-refractivity contribution in [2.24, 2.45) is 0 Å². The van der Waals surface area contributed by atoms with Gasteiger partial charge in [-0.1, -0.05) is 6.42 Å². The van der Waals surface area contributed by atoms with E-state index in [0.717, 1.165) is 30.1 Å². The summed E-state index contributed by atoms with van der Waals surface area (Å²) in [5.41, 5.74) is 1.62. The van der Waals surface area contributed by atoms with E-state index in [2.05, 4.69) is 106 Å².